The fraction of sp³-hybridized carbons (Fsp3) is 0.429. The molecule has 5 heteroatoms. The summed E-state index contributed by atoms with van der Waals surface area (Å²) in [6, 6.07) is 3.93. The molecular weight excluding hydrogens is 242 g/mol. The lowest BCUT2D eigenvalue weighted by atomic mass is 10.2. The highest BCUT2D eigenvalue weighted by molar-refractivity contribution is 5.89. The molecule has 0 spiro atoms. The molecule has 2 heterocycles. The number of carbonyl (C=O) groups excluding carboxylic acids is 1. The third-order valence-electron chi connectivity index (χ3n) is 3.17. The van der Waals surface area contributed by atoms with Gasteiger partial charge >= 0.3 is 5.97 Å². The maximum absolute atomic E-state index is 11.9. The van der Waals surface area contributed by atoms with Crippen LogP contribution in [0.25, 0.3) is 0 Å². The average Bonchev–Trinajstić information content (AvgIpc) is 2.93. The molecule has 0 aliphatic heterocycles. The van der Waals surface area contributed by atoms with Gasteiger partial charge in [0.2, 0.25) is 0 Å². The first kappa shape index (κ1) is 13.4. The standard InChI is InChI=1S/C14H19N3O2/c1-4-19-14(18)13-11(2)6-9-17(13)10-7-12-5-8-15-16(12)3/h5-6,8-9H,4,7,10H2,1-3H3. The summed E-state index contributed by atoms with van der Waals surface area (Å²) in [4.78, 5) is 11.9. The second kappa shape index (κ2) is 5.73. The molecule has 0 aromatic carbocycles. The molecule has 0 amide bonds. The number of aromatic nitrogens is 3. The second-order valence-electron chi connectivity index (χ2n) is 4.46. The van der Waals surface area contributed by atoms with E-state index in [0.29, 0.717) is 12.3 Å². The summed E-state index contributed by atoms with van der Waals surface area (Å²) in [5.74, 6) is -0.255. The number of carbonyl (C=O) groups is 1. The van der Waals surface area contributed by atoms with E-state index in [4.69, 9.17) is 4.74 Å². The molecular formula is C14H19N3O2. The molecule has 0 radical (unpaired) electrons. The summed E-state index contributed by atoms with van der Waals surface area (Å²) in [6.07, 6.45) is 4.54. The first-order chi connectivity index (χ1) is 9.13. The van der Waals surface area contributed by atoms with Gasteiger partial charge in [-0.25, -0.2) is 4.79 Å². The monoisotopic (exact) mass is 261 g/mol. The van der Waals surface area contributed by atoms with Gasteiger partial charge in [-0.1, -0.05) is 0 Å². The summed E-state index contributed by atoms with van der Waals surface area (Å²) in [7, 11) is 1.92. The summed E-state index contributed by atoms with van der Waals surface area (Å²) in [6.45, 7) is 4.87. The van der Waals surface area contributed by atoms with Crippen LogP contribution in [0.15, 0.2) is 24.5 Å². The summed E-state index contributed by atoms with van der Waals surface area (Å²) >= 11 is 0. The van der Waals surface area contributed by atoms with Crippen LogP contribution in [0, 0.1) is 6.92 Å². The highest BCUT2D eigenvalue weighted by Crippen LogP contribution is 2.13. The van der Waals surface area contributed by atoms with Crippen LogP contribution < -0.4 is 0 Å². The molecule has 2 aromatic rings. The number of esters is 1. The molecule has 0 aliphatic rings. The molecule has 0 saturated heterocycles. The first-order valence-electron chi connectivity index (χ1n) is 6.43. The van der Waals surface area contributed by atoms with E-state index in [1.165, 1.54) is 0 Å². The van der Waals surface area contributed by atoms with Crippen LogP contribution in [-0.4, -0.2) is 26.9 Å². The van der Waals surface area contributed by atoms with E-state index in [-0.39, 0.29) is 5.97 Å². The third kappa shape index (κ3) is 2.86. The van der Waals surface area contributed by atoms with Crippen molar-refractivity contribution in [3.05, 3.63) is 41.5 Å². The van der Waals surface area contributed by atoms with Gasteiger partial charge < -0.3 is 9.30 Å². The molecule has 5 nitrogen and oxygen atoms in total. The fourth-order valence-corrected chi connectivity index (χ4v) is 2.13. The Kier molecular flexibility index (Phi) is 4.04. The number of aryl methyl sites for hydroxylation is 4. The average molecular weight is 261 g/mol. The van der Waals surface area contributed by atoms with Crippen LogP contribution in [0.5, 0.6) is 0 Å². The quantitative estimate of drug-likeness (QED) is 0.773. The Bertz CT molecular complexity index is 569. The van der Waals surface area contributed by atoms with Crippen LogP contribution in [0.4, 0.5) is 0 Å². The zero-order valence-electron chi connectivity index (χ0n) is 11.6. The van der Waals surface area contributed by atoms with Crippen LogP contribution in [0.2, 0.25) is 0 Å². The third-order valence-corrected chi connectivity index (χ3v) is 3.17. The normalized spacial score (nSPS) is 10.7. The number of hydrogen-bond donors (Lipinski definition) is 0. The number of hydrogen-bond acceptors (Lipinski definition) is 3. The topological polar surface area (TPSA) is 49.1 Å². The highest BCUT2D eigenvalue weighted by Gasteiger charge is 2.15. The lowest BCUT2D eigenvalue weighted by Gasteiger charge is -2.09. The molecule has 2 aromatic heterocycles. The zero-order chi connectivity index (χ0) is 13.8. The van der Waals surface area contributed by atoms with E-state index < -0.39 is 0 Å². The van der Waals surface area contributed by atoms with Crippen molar-refractivity contribution in [3.63, 3.8) is 0 Å². The predicted octanol–water partition coefficient (Wildman–Crippen LogP) is 1.95. The molecule has 0 fully saturated rings. The minimum Gasteiger partial charge on any atom is -0.461 e. The summed E-state index contributed by atoms with van der Waals surface area (Å²) in [5, 5.41) is 4.14. The summed E-state index contributed by atoms with van der Waals surface area (Å²) < 4.78 is 8.88. The van der Waals surface area contributed by atoms with E-state index in [1.54, 1.807) is 6.20 Å². The van der Waals surface area contributed by atoms with Crippen LogP contribution in [-0.2, 0) is 24.8 Å². The van der Waals surface area contributed by atoms with Crippen molar-refractivity contribution in [2.24, 2.45) is 7.05 Å². The van der Waals surface area contributed by atoms with Gasteiger partial charge in [0, 0.05) is 38.1 Å². The molecule has 0 atom stereocenters. The Balaban J connectivity index is 2.13. The van der Waals surface area contributed by atoms with Crippen molar-refractivity contribution in [1.82, 2.24) is 14.3 Å². The number of nitrogens with zero attached hydrogens (tertiary/aromatic N) is 3. The van der Waals surface area contributed by atoms with E-state index in [9.17, 15) is 4.79 Å². The van der Waals surface area contributed by atoms with E-state index >= 15 is 0 Å². The lowest BCUT2D eigenvalue weighted by Crippen LogP contribution is -2.14. The fourth-order valence-electron chi connectivity index (χ4n) is 2.13. The molecule has 2 rings (SSSR count). The van der Waals surface area contributed by atoms with Crippen LogP contribution in [0.1, 0.15) is 28.7 Å². The summed E-state index contributed by atoms with van der Waals surface area (Å²) in [5.41, 5.74) is 2.73. The van der Waals surface area contributed by atoms with Gasteiger partial charge in [0.25, 0.3) is 0 Å². The molecule has 19 heavy (non-hydrogen) atoms. The van der Waals surface area contributed by atoms with E-state index in [1.807, 2.05) is 48.5 Å². The molecule has 0 N–H and O–H groups in total. The molecule has 0 saturated carbocycles. The van der Waals surface area contributed by atoms with Crippen molar-refractivity contribution in [3.8, 4) is 0 Å². The van der Waals surface area contributed by atoms with Gasteiger partial charge in [0.05, 0.1) is 6.61 Å². The van der Waals surface area contributed by atoms with Gasteiger partial charge in [0.1, 0.15) is 5.69 Å². The van der Waals surface area contributed by atoms with Crippen molar-refractivity contribution < 1.29 is 9.53 Å². The molecule has 0 unspecified atom stereocenters. The van der Waals surface area contributed by atoms with Gasteiger partial charge in [-0.3, -0.25) is 4.68 Å². The Hall–Kier alpha value is -2.04. The van der Waals surface area contributed by atoms with Crippen molar-refractivity contribution >= 4 is 5.97 Å². The van der Waals surface area contributed by atoms with Crippen LogP contribution in [0.3, 0.4) is 0 Å². The van der Waals surface area contributed by atoms with Crippen molar-refractivity contribution in [1.29, 1.82) is 0 Å². The molecule has 102 valence electrons. The SMILES string of the molecule is CCOC(=O)c1c(C)ccn1CCc1ccnn1C. The first-order valence-corrected chi connectivity index (χ1v) is 6.43. The van der Waals surface area contributed by atoms with Crippen LogP contribution >= 0.6 is 0 Å². The van der Waals surface area contributed by atoms with E-state index in [0.717, 1.165) is 24.2 Å². The highest BCUT2D eigenvalue weighted by atomic mass is 16.5. The Morgan fingerprint density at radius 3 is 2.84 bits per heavy atom. The van der Waals surface area contributed by atoms with Crippen molar-refractivity contribution in [2.75, 3.05) is 6.61 Å². The molecule has 0 aliphatic carbocycles. The maximum Gasteiger partial charge on any atom is 0.355 e. The maximum atomic E-state index is 11.9. The van der Waals surface area contributed by atoms with Gasteiger partial charge in [-0.05, 0) is 31.5 Å². The van der Waals surface area contributed by atoms with Crippen molar-refractivity contribution in [2.45, 2.75) is 26.8 Å². The Morgan fingerprint density at radius 2 is 2.21 bits per heavy atom. The van der Waals surface area contributed by atoms with Gasteiger partial charge in [0.15, 0.2) is 0 Å². The largest absolute Gasteiger partial charge is 0.461 e. The zero-order valence-corrected chi connectivity index (χ0v) is 11.6. The number of ether oxygens (including phenoxy) is 1. The van der Waals surface area contributed by atoms with E-state index in [2.05, 4.69) is 5.10 Å². The Labute approximate surface area is 112 Å². The predicted molar refractivity (Wildman–Crippen MR) is 72.0 cm³/mol. The minimum atomic E-state index is -0.255. The Morgan fingerprint density at radius 1 is 1.42 bits per heavy atom. The lowest BCUT2D eigenvalue weighted by molar-refractivity contribution is 0.0513. The van der Waals surface area contributed by atoms with Gasteiger partial charge in [-0.2, -0.15) is 5.10 Å². The molecule has 0 bridgehead atoms. The smallest absolute Gasteiger partial charge is 0.355 e. The van der Waals surface area contributed by atoms with Gasteiger partial charge in [-0.15, -0.1) is 0 Å². The number of rotatable bonds is 5. The second-order valence-corrected chi connectivity index (χ2v) is 4.46. The minimum absolute atomic E-state index is 0.255.